The number of aromatic nitrogens is 3. The van der Waals surface area contributed by atoms with Gasteiger partial charge in [-0.3, -0.25) is 9.69 Å². The van der Waals surface area contributed by atoms with Crippen molar-refractivity contribution in [1.82, 2.24) is 29.7 Å². The van der Waals surface area contributed by atoms with Crippen molar-refractivity contribution in [2.75, 3.05) is 57.6 Å². The predicted molar refractivity (Wildman–Crippen MR) is 196 cm³/mol. The zero-order chi connectivity index (χ0) is 36.8. The second-order valence-electron chi connectivity index (χ2n) is 15.4. The van der Waals surface area contributed by atoms with Crippen molar-refractivity contribution in [2.24, 2.45) is 0 Å². The molecule has 3 N–H and O–H groups in total. The number of thiophene rings is 1. The van der Waals surface area contributed by atoms with Crippen LogP contribution in [0.1, 0.15) is 63.0 Å². The van der Waals surface area contributed by atoms with Gasteiger partial charge < -0.3 is 34.9 Å². The van der Waals surface area contributed by atoms with Gasteiger partial charge in [0.1, 0.15) is 46.8 Å². The number of amides is 1. The summed E-state index contributed by atoms with van der Waals surface area (Å²) in [4.78, 5) is 42.4. The first kappa shape index (κ1) is 34.2. The van der Waals surface area contributed by atoms with Gasteiger partial charge in [0.15, 0.2) is 5.82 Å². The van der Waals surface area contributed by atoms with Gasteiger partial charge in [-0.05, 0) is 70.0 Å². The Balaban J connectivity index is 1.17. The number of nitriles is 1. The molecular weight excluding hydrogens is 705 g/mol. The van der Waals surface area contributed by atoms with Crippen LogP contribution in [0.15, 0.2) is 16.9 Å². The third kappa shape index (κ3) is 5.58. The summed E-state index contributed by atoms with van der Waals surface area (Å²) in [5.41, 5.74) is 5.44. The van der Waals surface area contributed by atoms with Gasteiger partial charge in [0.05, 0.1) is 21.5 Å². The van der Waals surface area contributed by atoms with Gasteiger partial charge in [0, 0.05) is 62.3 Å². The lowest BCUT2D eigenvalue weighted by molar-refractivity contribution is 0.0484. The molecule has 2 bridgehead atoms. The Morgan fingerprint density at radius 1 is 1.13 bits per heavy atom. The van der Waals surface area contributed by atoms with E-state index in [2.05, 4.69) is 26.2 Å². The maximum absolute atomic E-state index is 17.6. The Labute approximate surface area is 308 Å². The van der Waals surface area contributed by atoms with Crippen LogP contribution >= 0.6 is 11.3 Å². The molecule has 5 fully saturated rings. The van der Waals surface area contributed by atoms with Crippen molar-refractivity contribution < 1.29 is 23.0 Å². The maximum atomic E-state index is 17.6. The van der Waals surface area contributed by atoms with Crippen LogP contribution in [0.25, 0.3) is 32.2 Å². The van der Waals surface area contributed by atoms with E-state index in [1.165, 1.54) is 21.6 Å². The normalized spacial score (nSPS) is 25.3. The van der Waals surface area contributed by atoms with E-state index in [1.807, 2.05) is 0 Å². The van der Waals surface area contributed by atoms with Crippen LogP contribution in [0.3, 0.4) is 0 Å². The molecule has 5 aliphatic rings. The number of fused-ring (bicyclic) bond motifs is 5. The van der Waals surface area contributed by atoms with Gasteiger partial charge in [-0.15, -0.1) is 11.3 Å². The Morgan fingerprint density at radius 3 is 2.62 bits per heavy atom. The molecule has 1 amide bonds. The summed E-state index contributed by atoms with van der Waals surface area (Å²) in [6.07, 6.45) is 6.44. The standard InChI is InChI=1S/C37H41F2N9O4S/c1-45(2)36(50)51-17-22-10-12-37(11-3-13-47(22)37)18-52-35-43-29-27(33(44-35)46-15-19-4-5-20(16-46)42-19)34(49)48(21-6-7-21)30(28(29)39)23-8-9-25(38)31-26(23)24(14-40)32(41)53-31/h8-9,19-22,42H,3-7,10-13,15-18,41H2,1-2H3/t19?,20?,22-,37-/m1/s1. The van der Waals surface area contributed by atoms with Gasteiger partial charge in [0.25, 0.3) is 5.56 Å². The lowest BCUT2D eigenvalue weighted by Crippen LogP contribution is -2.51. The highest BCUT2D eigenvalue weighted by molar-refractivity contribution is 7.23. The summed E-state index contributed by atoms with van der Waals surface area (Å²) < 4.78 is 46.3. The Kier molecular flexibility index (Phi) is 8.24. The minimum atomic E-state index is -0.760. The van der Waals surface area contributed by atoms with E-state index in [9.17, 15) is 14.9 Å². The number of carbonyl (C=O) groups excluding carboxylic acids is 1. The van der Waals surface area contributed by atoms with Crippen LogP contribution in [0, 0.1) is 23.0 Å². The number of benzene rings is 1. The highest BCUT2D eigenvalue weighted by Gasteiger charge is 2.50. The molecule has 53 heavy (non-hydrogen) atoms. The number of hydrogen-bond donors (Lipinski definition) is 2. The molecule has 4 saturated heterocycles. The van der Waals surface area contributed by atoms with E-state index in [-0.39, 0.29) is 97.8 Å². The molecule has 1 aromatic carbocycles. The van der Waals surface area contributed by atoms with Crippen LogP contribution in [0.4, 0.5) is 24.4 Å². The van der Waals surface area contributed by atoms with Crippen LogP contribution in [0.2, 0.25) is 0 Å². The number of nitrogens with one attached hydrogen (secondary N) is 1. The van der Waals surface area contributed by atoms with Gasteiger partial charge in [-0.1, -0.05) is 0 Å². The fourth-order valence-corrected chi connectivity index (χ4v) is 10.1. The van der Waals surface area contributed by atoms with E-state index >= 15 is 8.78 Å². The molecule has 13 nitrogen and oxygen atoms in total. The first-order valence-corrected chi connectivity index (χ1v) is 19.2. The molecule has 0 radical (unpaired) electrons. The van der Waals surface area contributed by atoms with Crippen molar-refractivity contribution in [3.8, 4) is 23.3 Å². The maximum Gasteiger partial charge on any atom is 0.409 e. The molecule has 1 aliphatic carbocycles. The van der Waals surface area contributed by atoms with Crippen molar-refractivity contribution in [3.05, 3.63) is 39.7 Å². The SMILES string of the molecule is CN(C)C(=O)OC[C@H]1CC[C@@]2(COc3nc(N4CC5CCC(C4)N5)c4c(=O)n(C5CC5)c(-c5ccc(F)c6sc(N)c(C#N)c56)c(F)c4n3)CCCN12. The molecule has 16 heteroatoms. The zero-order valence-electron chi connectivity index (χ0n) is 29.7. The number of ether oxygens (including phenoxy) is 2. The molecule has 7 heterocycles. The van der Waals surface area contributed by atoms with Crippen LogP contribution in [0.5, 0.6) is 6.01 Å². The van der Waals surface area contributed by atoms with E-state index < -0.39 is 17.2 Å². The van der Waals surface area contributed by atoms with Crippen LogP contribution in [-0.4, -0.2) is 101 Å². The number of carbonyl (C=O) groups is 1. The number of hydrogen-bond acceptors (Lipinski definition) is 12. The Morgan fingerprint density at radius 2 is 1.91 bits per heavy atom. The molecule has 4 aliphatic heterocycles. The van der Waals surface area contributed by atoms with Gasteiger partial charge in [0.2, 0.25) is 0 Å². The average Bonchev–Trinajstić information content (AvgIpc) is 3.48. The lowest BCUT2D eigenvalue weighted by Gasteiger charge is -2.35. The molecule has 3 aromatic heterocycles. The van der Waals surface area contributed by atoms with Gasteiger partial charge in [-0.2, -0.15) is 15.2 Å². The summed E-state index contributed by atoms with van der Waals surface area (Å²) in [7, 11) is 3.31. The van der Waals surface area contributed by atoms with Crippen molar-refractivity contribution in [2.45, 2.75) is 81.1 Å². The van der Waals surface area contributed by atoms with Crippen LogP contribution in [-0.2, 0) is 4.74 Å². The summed E-state index contributed by atoms with van der Waals surface area (Å²) in [6, 6.07) is 4.87. The van der Waals surface area contributed by atoms with Crippen LogP contribution < -0.4 is 26.2 Å². The predicted octanol–water partition coefficient (Wildman–Crippen LogP) is 4.75. The minimum Gasteiger partial charge on any atom is -0.461 e. The summed E-state index contributed by atoms with van der Waals surface area (Å²) in [5.74, 6) is -0.998. The molecular formula is C37H41F2N9O4S. The number of nitrogens with zero attached hydrogens (tertiary/aromatic N) is 7. The summed E-state index contributed by atoms with van der Waals surface area (Å²) >= 11 is 0.925. The second kappa shape index (κ2) is 12.8. The molecule has 4 atom stereocenters. The number of nitrogens with two attached hydrogens (primary N) is 1. The third-order valence-electron chi connectivity index (χ3n) is 11.8. The first-order valence-electron chi connectivity index (χ1n) is 18.4. The average molecular weight is 746 g/mol. The number of anilines is 2. The smallest absolute Gasteiger partial charge is 0.409 e. The number of halogens is 2. The topological polar surface area (TPSA) is 155 Å². The van der Waals surface area contributed by atoms with Gasteiger partial charge >= 0.3 is 12.1 Å². The van der Waals surface area contributed by atoms with Crippen molar-refractivity contribution >= 4 is 49.2 Å². The molecule has 2 unspecified atom stereocenters. The quantitative estimate of drug-likeness (QED) is 0.257. The Bertz CT molecular complexity index is 2260. The number of nitrogen functional groups attached to an aromatic ring is 1. The first-order chi connectivity index (χ1) is 25.6. The fraction of sp³-hybridized carbons (Fsp3) is 0.541. The molecule has 9 rings (SSSR count). The summed E-state index contributed by atoms with van der Waals surface area (Å²) in [5, 5.41) is 14.0. The molecule has 278 valence electrons. The summed E-state index contributed by atoms with van der Waals surface area (Å²) in [6.45, 7) is 2.55. The number of pyridine rings is 1. The molecule has 1 saturated carbocycles. The minimum absolute atomic E-state index is 0.0303. The second-order valence-corrected chi connectivity index (χ2v) is 16.4. The van der Waals surface area contributed by atoms with E-state index in [0.717, 1.165) is 56.4 Å². The zero-order valence-corrected chi connectivity index (χ0v) is 30.5. The molecule has 0 spiro atoms. The van der Waals surface area contributed by atoms with Gasteiger partial charge in [-0.25, -0.2) is 13.6 Å². The lowest BCUT2D eigenvalue weighted by atomic mass is 9.95. The third-order valence-corrected chi connectivity index (χ3v) is 12.9. The molecule has 4 aromatic rings. The monoisotopic (exact) mass is 745 g/mol. The fourth-order valence-electron chi connectivity index (χ4n) is 9.20. The largest absolute Gasteiger partial charge is 0.461 e. The van der Waals surface area contributed by atoms with E-state index in [4.69, 9.17) is 20.2 Å². The van der Waals surface area contributed by atoms with Crippen molar-refractivity contribution in [1.29, 1.82) is 5.26 Å². The highest BCUT2D eigenvalue weighted by Crippen LogP contribution is 2.46. The highest BCUT2D eigenvalue weighted by atomic mass is 32.1. The van der Waals surface area contributed by atoms with E-state index in [0.29, 0.717) is 31.7 Å². The number of piperazine rings is 1. The van der Waals surface area contributed by atoms with E-state index in [1.54, 1.807) is 14.1 Å². The number of rotatable bonds is 8. The van der Waals surface area contributed by atoms with Crippen molar-refractivity contribution in [3.63, 3.8) is 0 Å². The Hall–Kier alpha value is -4.59.